The SMILES string of the molecule is NCCN1CCC(Cc2ccc3nc[nH]c3c2)CC1. The molecule has 0 radical (unpaired) electrons. The van der Waals surface area contributed by atoms with E-state index in [1.807, 2.05) is 0 Å². The first-order valence-corrected chi connectivity index (χ1v) is 7.19. The van der Waals surface area contributed by atoms with Gasteiger partial charge in [-0.3, -0.25) is 0 Å². The van der Waals surface area contributed by atoms with E-state index in [1.165, 1.54) is 37.9 Å². The van der Waals surface area contributed by atoms with Crippen molar-refractivity contribution in [3.63, 3.8) is 0 Å². The largest absolute Gasteiger partial charge is 0.345 e. The van der Waals surface area contributed by atoms with Crippen molar-refractivity contribution in [1.82, 2.24) is 14.9 Å². The van der Waals surface area contributed by atoms with Crippen LogP contribution in [0, 0.1) is 5.92 Å². The van der Waals surface area contributed by atoms with Crippen LogP contribution in [0.2, 0.25) is 0 Å². The zero-order valence-electron chi connectivity index (χ0n) is 11.3. The lowest BCUT2D eigenvalue weighted by atomic mass is 9.90. The third-order valence-corrected chi connectivity index (χ3v) is 4.16. The van der Waals surface area contributed by atoms with Crippen LogP contribution in [0.4, 0.5) is 0 Å². The molecule has 0 spiro atoms. The molecule has 0 saturated carbocycles. The minimum Gasteiger partial charge on any atom is -0.345 e. The predicted octanol–water partition coefficient (Wildman–Crippen LogP) is 1.78. The van der Waals surface area contributed by atoms with Gasteiger partial charge < -0.3 is 15.6 Å². The topological polar surface area (TPSA) is 57.9 Å². The van der Waals surface area contributed by atoms with E-state index in [9.17, 15) is 0 Å². The maximum atomic E-state index is 5.61. The van der Waals surface area contributed by atoms with Gasteiger partial charge in [-0.1, -0.05) is 6.07 Å². The highest BCUT2D eigenvalue weighted by Crippen LogP contribution is 2.22. The molecule has 3 N–H and O–H groups in total. The lowest BCUT2D eigenvalue weighted by Crippen LogP contribution is -2.37. The molecule has 0 bridgehead atoms. The molecule has 0 unspecified atom stereocenters. The first-order chi connectivity index (χ1) is 9.35. The summed E-state index contributed by atoms with van der Waals surface area (Å²) in [6, 6.07) is 6.58. The van der Waals surface area contributed by atoms with Gasteiger partial charge in [-0.2, -0.15) is 0 Å². The smallest absolute Gasteiger partial charge is 0.0931 e. The highest BCUT2D eigenvalue weighted by Gasteiger charge is 2.18. The second-order valence-corrected chi connectivity index (χ2v) is 5.53. The number of piperidine rings is 1. The van der Waals surface area contributed by atoms with E-state index in [0.717, 1.165) is 30.0 Å². The number of imidazole rings is 1. The molecule has 1 fully saturated rings. The summed E-state index contributed by atoms with van der Waals surface area (Å²) >= 11 is 0. The number of benzene rings is 1. The van der Waals surface area contributed by atoms with Gasteiger partial charge >= 0.3 is 0 Å². The maximum absolute atomic E-state index is 5.61. The molecule has 2 aromatic rings. The van der Waals surface area contributed by atoms with Crippen molar-refractivity contribution < 1.29 is 0 Å². The van der Waals surface area contributed by atoms with Crippen molar-refractivity contribution in [3.8, 4) is 0 Å². The minimum absolute atomic E-state index is 0.779. The fraction of sp³-hybridized carbons (Fsp3) is 0.533. The number of hydrogen-bond donors (Lipinski definition) is 2. The zero-order chi connectivity index (χ0) is 13.1. The second-order valence-electron chi connectivity index (χ2n) is 5.53. The molecule has 0 aliphatic carbocycles. The Balaban J connectivity index is 1.59. The van der Waals surface area contributed by atoms with E-state index >= 15 is 0 Å². The molecule has 19 heavy (non-hydrogen) atoms. The normalized spacial score (nSPS) is 18.2. The average molecular weight is 258 g/mol. The quantitative estimate of drug-likeness (QED) is 0.879. The monoisotopic (exact) mass is 258 g/mol. The van der Waals surface area contributed by atoms with Gasteiger partial charge in [0.1, 0.15) is 0 Å². The van der Waals surface area contributed by atoms with Gasteiger partial charge in [0.25, 0.3) is 0 Å². The summed E-state index contributed by atoms with van der Waals surface area (Å²) in [7, 11) is 0. The average Bonchev–Trinajstić information content (AvgIpc) is 2.89. The van der Waals surface area contributed by atoms with Crippen LogP contribution in [-0.2, 0) is 6.42 Å². The number of hydrogen-bond acceptors (Lipinski definition) is 3. The first-order valence-electron chi connectivity index (χ1n) is 7.19. The molecular formula is C15H22N4. The van der Waals surface area contributed by atoms with E-state index in [4.69, 9.17) is 5.73 Å². The van der Waals surface area contributed by atoms with Gasteiger partial charge in [-0.25, -0.2) is 4.98 Å². The van der Waals surface area contributed by atoms with Gasteiger partial charge in [0.15, 0.2) is 0 Å². The summed E-state index contributed by atoms with van der Waals surface area (Å²) in [6.45, 7) is 4.23. The van der Waals surface area contributed by atoms with Gasteiger partial charge in [-0.15, -0.1) is 0 Å². The summed E-state index contributed by atoms with van der Waals surface area (Å²) in [5.41, 5.74) is 9.24. The van der Waals surface area contributed by atoms with Gasteiger partial charge in [0, 0.05) is 13.1 Å². The van der Waals surface area contributed by atoms with Crippen LogP contribution in [0.25, 0.3) is 11.0 Å². The maximum Gasteiger partial charge on any atom is 0.0931 e. The minimum atomic E-state index is 0.779. The molecule has 1 saturated heterocycles. The Morgan fingerprint density at radius 3 is 2.95 bits per heavy atom. The van der Waals surface area contributed by atoms with Crippen LogP contribution >= 0.6 is 0 Å². The number of aromatic nitrogens is 2. The Bertz CT molecular complexity index is 526. The van der Waals surface area contributed by atoms with Crippen molar-refractivity contribution in [1.29, 1.82) is 0 Å². The molecule has 1 aromatic carbocycles. The zero-order valence-corrected chi connectivity index (χ0v) is 11.3. The Morgan fingerprint density at radius 1 is 1.32 bits per heavy atom. The Hall–Kier alpha value is -1.39. The Morgan fingerprint density at radius 2 is 2.16 bits per heavy atom. The van der Waals surface area contributed by atoms with Crippen LogP contribution in [0.5, 0.6) is 0 Å². The number of rotatable bonds is 4. The van der Waals surface area contributed by atoms with Crippen molar-refractivity contribution in [2.24, 2.45) is 11.7 Å². The van der Waals surface area contributed by atoms with Crippen molar-refractivity contribution >= 4 is 11.0 Å². The molecule has 0 amide bonds. The fourth-order valence-electron chi connectivity index (χ4n) is 3.04. The van der Waals surface area contributed by atoms with E-state index in [-0.39, 0.29) is 0 Å². The third-order valence-electron chi connectivity index (χ3n) is 4.16. The third kappa shape index (κ3) is 2.96. The fourth-order valence-corrected chi connectivity index (χ4v) is 3.04. The van der Waals surface area contributed by atoms with E-state index in [2.05, 4.69) is 33.1 Å². The number of H-pyrrole nitrogens is 1. The number of nitrogens with one attached hydrogen (secondary N) is 1. The molecule has 3 rings (SSSR count). The number of nitrogens with two attached hydrogens (primary N) is 1. The predicted molar refractivity (Wildman–Crippen MR) is 78.0 cm³/mol. The van der Waals surface area contributed by atoms with E-state index in [1.54, 1.807) is 6.33 Å². The van der Waals surface area contributed by atoms with Crippen LogP contribution in [-0.4, -0.2) is 41.0 Å². The number of aromatic amines is 1. The standard InChI is InChI=1S/C15H22N4/c16-5-8-19-6-3-12(4-7-19)9-13-1-2-14-15(10-13)18-11-17-14/h1-2,10-12H,3-9,16H2,(H,17,18). The molecule has 1 aliphatic heterocycles. The van der Waals surface area contributed by atoms with Crippen LogP contribution in [0.3, 0.4) is 0 Å². The van der Waals surface area contributed by atoms with Crippen molar-refractivity contribution in [2.75, 3.05) is 26.2 Å². The summed E-state index contributed by atoms with van der Waals surface area (Å²) < 4.78 is 0. The summed E-state index contributed by atoms with van der Waals surface area (Å²) in [6.07, 6.45) is 5.53. The molecule has 4 heteroatoms. The highest BCUT2D eigenvalue weighted by molar-refractivity contribution is 5.75. The molecule has 1 aliphatic rings. The number of fused-ring (bicyclic) bond motifs is 1. The highest BCUT2D eigenvalue weighted by atomic mass is 15.1. The number of nitrogens with zero attached hydrogens (tertiary/aromatic N) is 2. The van der Waals surface area contributed by atoms with Crippen molar-refractivity contribution in [2.45, 2.75) is 19.3 Å². The molecular weight excluding hydrogens is 236 g/mol. The van der Waals surface area contributed by atoms with Crippen LogP contribution < -0.4 is 5.73 Å². The van der Waals surface area contributed by atoms with Crippen LogP contribution in [0.1, 0.15) is 18.4 Å². The Kier molecular flexibility index (Phi) is 3.80. The molecule has 102 valence electrons. The van der Waals surface area contributed by atoms with Gasteiger partial charge in [0.05, 0.1) is 17.4 Å². The van der Waals surface area contributed by atoms with Gasteiger partial charge in [-0.05, 0) is 56.0 Å². The molecule has 4 nitrogen and oxygen atoms in total. The Labute approximate surface area is 114 Å². The molecule has 2 heterocycles. The van der Waals surface area contributed by atoms with Gasteiger partial charge in [0.2, 0.25) is 0 Å². The second kappa shape index (κ2) is 5.72. The lowest BCUT2D eigenvalue weighted by molar-refractivity contribution is 0.188. The molecule has 0 atom stereocenters. The summed E-state index contributed by atoms with van der Waals surface area (Å²) in [5.74, 6) is 0.814. The summed E-state index contributed by atoms with van der Waals surface area (Å²) in [4.78, 5) is 9.93. The van der Waals surface area contributed by atoms with E-state index < -0.39 is 0 Å². The summed E-state index contributed by atoms with van der Waals surface area (Å²) in [5, 5.41) is 0. The lowest BCUT2D eigenvalue weighted by Gasteiger charge is -2.31. The molecule has 1 aromatic heterocycles. The number of likely N-dealkylation sites (tertiary alicyclic amines) is 1. The first kappa shape index (κ1) is 12.6. The van der Waals surface area contributed by atoms with Crippen LogP contribution in [0.15, 0.2) is 24.5 Å². The van der Waals surface area contributed by atoms with E-state index in [0.29, 0.717) is 0 Å². The van der Waals surface area contributed by atoms with Crippen molar-refractivity contribution in [3.05, 3.63) is 30.1 Å².